The maximum absolute atomic E-state index is 12.1. The summed E-state index contributed by atoms with van der Waals surface area (Å²) in [7, 11) is 0. The number of hydrogen-bond donors (Lipinski definition) is 1. The zero-order valence-corrected chi connectivity index (χ0v) is 10.6. The summed E-state index contributed by atoms with van der Waals surface area (Å²) in [6.45, 7) is -0.164. The van der Waals surface area contributed by atoms with Crippen LogP contribution in [0.5, 0.6) is 0 Å². The Balaban J connectivity index is 2.12. The molecule has 2 aromatic carbocycles. The number of carbonyl (C=O) groups is 1. The number of benzene rings is 2. The first-order chi connectivity index (χ1) is 8.81. The van der Waals surface area contributed by atoms with Crippen LogP contribution in [0.25, 0.3) is 0 Å². The van der Waals surface area contributed by atoms with Gasteiger partial charge in [0.05, 0.1) is 12.5 Å². The Morgan fingerprint density at radius 2 is 1.56 bits per heavy atom. The van der Waals surface area contributed by atoms with E-state index in [1.807, 2.05) is 60.7 Å². The van der Waals surface area contributed by atoms with Crippen molar-refractivity contribution in [1.82, 2.24) is 0 Å². The van der Waals surface area contributed by atoms with Gasteiger partial charge < -0.3 is 5.11 Å². The molecule has 92 valence electrons. The lowest BCUT2D eigenvalue weighted by Gasteiger charge is -2.12. The second-order valence-corrected chi connectivity index (χ2v) is 4.96. The van der Waals surface area contributed by atoms with Gasteiger partial charge in [0.25, 0.3) is 0 Å². The van der Waals surface area contributed by atoms with Crippen molar-refractivity contribution in [2.45, 2.75) is 10.8 Å². The van der Waals surface area contributed by atoms with Gasteiger partial charge in [-0.25, -0.2) is 0 Å². The summed E-state index contributed by atoms with van der Waals surface area (Å²) in [6, 6.07) is 18.9. The normalized spacial score (nSPS) is 12.1. The molecule has 0 radical (unpaired) electrons. The van der Waals surface area contributed by atoms with Crippen LogP contribution < -0.4 is 0 Å². The molecule has 0 heterocycles. The maximum Gasteiger partial charge on any atom is 0.203 e. The second kappa shape index (κ2) is 6.38. The fraction of sp³-hybridized carbons (Fsp3) is 0.133. The van der Waals surface area contributed by atoms with Crippen molar-refractivity contribution in [3.05, 3.63) is 66.2 Å². The fourth-order valence-electron chi connectivity index (χ4n) is 1.68. The van der Waals surface area contributed by atoms with E-state index in [0.717, 1.165) is 10.5 Å². The second-order valence-electron chi connectivity index (χ2n) is 3.88. The summed E-state index contributed by atoms with van der Waals surface area (Å²) in [5.74, 6) is -0.462. The highest BCUT2D eigenvalue weighted by Crippen LogP contribution is 2.27. The molecule has 0 spiro atoms. The minimum absolute atomic E-state index is 0.0325. The van der Waals surface area contributed by atoms with E-state index >= 15 is 0 Å². The van der Waals surface area contributed by atoms with Crippen molar-refractivity contribution in [1.29, 1.82) is 0 Å². The molecule has 2 aromatic rings. The Labute approximate surface area is 111 Å². The van der Waals surface area contributed by atoms with Crippen LogP contribution in [0, 0.1) is 0 Å². The van der Waals surface area contributed by atoms with Gasteiger partial charge in [0.15, 0.2) is 0 Å². The van der Waals surface area contributed by atoms with Crippen molar-refractivity contribution in [2.24, 2.45) is 0 Å². The van der Waals surface area contributed by atoms with Gasteiger partial charge in [-0.2, -0.15) is 0 Å². The summed E-state index contributed by atoms with van der Waals surface area (Å²) in [4.78, 5) is 13.0. The van der Waals surface area contributed by atoms with Crippen LogP contribution in [-0.4, -0.2) is 16.8 Å². The molecule has 0 amide bonds. The molecule has 0 saturated heterocycles. The highest BCUT2D eigenvalue weighted by molar-refractivity contribution is 8.13. The molecule has 0 saturated carbocycles. The number of aliphatic hydroxyl groups is 1. The third-order valence-electron chi connectivity index (χ3n) is 2.63. The Morgan fingerprint density at radius 3 is 2.11 bits per heavy atom. The average Bonchev–Trinajstić information content (AvgIpc) is 2.42. The number of carbonyl (C=O) groups excluding carboxylic acids is 1. The Kier molecular flexibility index (Phi) is 4.56. The molecule has 0 aliphatic rings. The zero-order valence-electron chi connectivity index (χ0n) is 9.82. The van der Waals surface area contributed by atoms with Gasteiger partial charge in [0, 0.05) is 4.90 Å². The molecule has 1 unspecified atom stereocenters. The van der Waals surface area contributed by atoms with Crippen molar-refractivity contribution in [3.8, 4) is 0 Å². The third kappa shape index (κ3) is 3.22. The van der Waals surface area contributed by atoms with E-state index in [2.05, 4.69) is 0 Å². The highest BCUT2D eigenvalue weighted by atomic mass is 32.2. The topological polar surface area (TPSA) is 37.3 Å². The first-order valence-corrected chi connectivity index (χ1v) is 6.55. The molecule has 3 heteroatoms. The molecular weight excluding hydrogens is 244 g/mol. The Morgan fingerprint density at radius 1 is 1.00 bits per heavy atom. The summed E-state index contributed by atoms with van der Waals surface area (Å²) >= 11 is 1.17. The predicted molar refractivity (Wildman–Crippen MR) is 73.6 cm³/mol. The minimum atomic E-state index is -0.462. The van der Waals surface area contributed by atoms with Crippen molar-refractivity contribution in [2.75, 3.05) is 6.61 Å². The molecule has 0 aliphatic heterocycles. The quantitative estimate of drug-likeness (QED) is 0.856. The molecule has 0 aromatic heterocycles. The van der Waals surface area contributed by atoms with Crippen LogP contribution in [0.2, 0.25) is 0 Å². The van der Waals surface area contributed by atoms with E-state index < -0.39 is 5.92 Å². The Hall–Kier alpha value is -1.58. The van der Waals surface area contributed by atoms with E-state index in [-0.39, 0.29) is 11.7 Å². The molecule has 2 nitrogen and oxygen atoms in total. The van der Waals surface area contributed by atoms with Crippen LogP contribution in [-0.2, 0) is 4.79 Å². The van der Waals surface area contributed by atoms with E-state index in [0.29, 0.717) is 0 Å². The molecule has 0 aliphatic carbocycles. The van der Waals surface area contributed by atoms with Gasteiger partial charge in [0.2, 0.25) is 5.12 Å². The summed E-state index contributed by atoms with van der Waals surface area (Å²) in [6.07, 6.45) is 0. The molecule has 2 rings (SSSR count). The van der Waals surface area contributed by atoms with Gasteiger partial charge in [-0.15, -0.1) is 0 Å². The van der Waals surface area contributed by atoms with Crippen molar-refractivity contribution >= 4 is 16.9 Å². The fourth-order valence-corrected chi connectivity index (χ4v) is 2.56. The number of rotatable bonds is 4. The largest absolute Gasteiger partial charge is 0.395 e. The molecule has 0 fully saturated rings. The molecule has 18 heavy (non-hydrogen) atoms. The van der Waals surface area contributed by atoms with Crippen molar-refractivity contribution < 1.29 is 9.90 Å². The molecular formula is C15H14O2S. The van der Waals surface area contributed by atoms with E-state index in [1.54, 1.807) is 0 Å². The van der Waals surface area contributed by atoms with Gasteiger partial charge in [-0.05, 0) is 17.7 Å². The van der Waals surface area contributed by atoms with E-state index in [1.165, 1.54) is 11.8 Å². The molecule has 1 atom stereocenters. The molecule has 0 bridgehead atoms. The molecule has 1 N–H and O–H groups in total. The van der Waals surface area contributed by atoms with E-state index in [9.17, 15) is 9.90 Å². The standard InChI is InChI=1S/C15H14O2S/c16-11-14(12-7-3-1-4-8-12)15(17)18-13-9-5-2-6-10-13/h1-10,14,16H,11H2. The first-order valence-electron chi connectivity index (χ1n) is 5.74. The van der Waals surface area contributed by atoms with Gasteiger partial charge >= 0.3 is 0 Å². The summed E-state index contributed by atoms with van der Waals surface area (Å²) < 4.78 is 0. The number of aliphatic hydroxyl groups excluding tert-OH is 1. The lowest BCUT2D eigenvalue weighted by atomic mass is 10.0. The summed E-state index contributed by atoms with van der Waals surface area (Å²) in [5.41, 5.74) is 0.855. The average molecular weight is 258 g/mol. The third-order valence-corrected chi connectivity index (χ3v) is 3.62. The summed E-state index contributed by atoms with van der Waals surface area (Å²) in [5, 5.41) is 9.36. The van der Waals surface area contributed by atoms with Gasteiger partial charge in [-0.1, -0.05) is 60.3 Å². The van der Waals surface area contributed by atoms with Gasteiger partial charge in [-0.3, -0.25) is 4.79 Å². The number of hydrogen-bond acceptors (Lipinski definition) is 3. The highest BCUT2D eigenvalue weighted by Gasteiger charge is 2.20. The smallest absolute Gasteiger partial charge is 0.203 e. The van der Waals surface area contributed by atoms with Gasteiger partial charge in [0.1, 0.15) is 0 Å². The maximum atomic E-state index is 12.1. The van der Waals surface area contributed by atoms with Crippen LogP contribution in [0.15, 0.2) is 65.6 Å². The monoisotopic (exact) mass is 258 g/mol. The van der Waals surface area contributed by atoms with Crippen LogP contribution in [0.4, 0.5) is 0 Å². The van der Waals surface area contributed by atoms with Crippen LogP contribution in [0.1, 0.15) is 11.5 Å². The van der Waals surface area contributed by atoms with Crippen molar-refractivity contribution in [3.63, 3.8) is 0 Å². The lowest BCUT2D eigenvalue weighted by Crippen LogP contribution is -2.13. The van der Waals surface area contributed by atoms with E-state index in [4.69, 9.17) is 0 Å². The van der Waals surface area contributed by atoms with Crippen LogP contribution in [0.3, 0.4) is 0 Å². The van der Waals surface area contributed by atoms with Crippen LogP contribution >= 0.6 is 11.8 Å². The number of thioether (sulfide) groups is 1. The zero-order chi connectivity index (χ0) is 12.8. The Bertz CT molecular complexity index is 496. The minimum Gasteiger partial charge on any atom is -0.395 e. The predicted octanol–water partition coefficient (Wildman–Crippen LogP) is 3.08. The lowest BCUT2D eigenvalue weighted by molar-refractivity contribution is -0.113. The first kappa shape index (κ1) is 12.9. The SMILES string of the molecule is O=C(Sc1ccccc1)C(CO)c1ccccc1.